The molecular formula is C16H23N3O4. The second kappa shape index (κ2) is 5.86. The van der Waals surface area contributed by atoms with E-state index < -0.39 is 17.7 Å². The van der Waals surface area contributed by atoms with E-state index in [0.29, 0.717) is 19.4 Å². The number of likely N-dealkylation sites (N-methyl/N-ethyl adjacent to an activating group) is 1. The third kappa shape index (κ3) is 2.29. The molecule has 1 spiro atoms. The lowest BCUT2D eigenvalue weighted by Crippen LogP contribution is -2.60. The first-order valence-electron chi connectivity index (χ1n) is 8.13. The summed E-state index contributed by atoms with van der Waals surface area (Å²) in [6, 6.07) is -0.421. The highest BCUT2D eigenvalue weighted by molar-refractivity contribution is 5.97. The highest BCUT2D eigenvalue weighted by Gasteiger charge is 2.55. The van der Waals surface area contributed by atoms with Crippen LogP contribution in [0.3, 0.4) is 0 Å². The molecule has 7 heteroatoms. The Labute approximate surface area is 135 Å². The van der Waals surface area contributed by atoms with Crippen LogP contribution in [-0.2, 0) is 14.3 Å². The van der Waals surface area contributed by atoms with Gasteiger partial charge < -0.3 is 15.0 Å². The van der Waals surface area contributed by atoms with E-state index >= 15 is 0 Å². The number of hydrogen-bond donors (Lipinski definition) is 1. The van der Waals surface area contributed by atoms with Crippen molar-refractivity contribution in [3.05, 3.63) is 12.2 Å². The molecule has 0 aromatic carbocycles. The first-order valence-corrected chi connectivity index (χ1v) is 8.13. The zero-order valence-electron chi connectivity index (χ0n) is 13.6. The summed E-state index contributed by atoms with van der Waals surface area (Å²) < 4.78 is 4.86. The minimum atomic E-state index is -1.00. The summed E-state index contributed by atoms with van der Waals surface area (Å²) in [5.41, 5.74) is -1.00. The van der Waals surface area contributed by atoms with Gasteiger partial charge in [0.2, 0.25) is 5.91 Å². The molecule has 126 valence electrons. The van der Waals surface area contributed by atoms with Gasteiger partial charge in [-0.2, -0.15) is 0 Å². The van der Waals surface area contributed by atoms with Crippen molar-refractivity contribution < 1.29 is 19.1 Å². The predicted octanol–water partition coefficient (Wildman–Crippen LogP) is 0.653. The van der Waals surface area contributed by atoms with E-state index in [-0.39, 0.29) is 17.9 Å². The van der Waals surface area contributed by atoms with Crippen LogP contribution in [0.15, 0.2) is 12.2 Å². The summed E-state index contributed by atoms with van der Waals surface area (Å²) in [5.74, 6) is -0.286. The van der Waals surface area contributed by atoms with Crippen molar-refractivity contribution in [3.8, 4) is 0 Å². The molecule has 3 atom stereocenters. The monoisotopic (exact) mass is 321 g/mol. The number of fused-ring (bicyclic) bond motifs is 1. The third-order valence-electron chi connectivity index (χ3n) is 5.27. The van der Waals surface area contributed by atoms with Crippen LogP contribution in [0.5, 0.6) is 0 Å². The van der Waals surface area contributed by atoms with Crippen molar-refractivity contribution in [3.63, 3.8) is 0 Å². The largest absolute Gasteiger partial charge is 0.453 e. The minimum Gasteiger partial charge on any atom is -0.453 e. The number of carbonyl (C=O) groups is 3. The quantitative estimate of drug-likeness (QED) is 0.719. The molecule has 0 aromatic heterocycles. The van der Waals surface area contributed by atoms with E-state index in [2.05, 4.69) is 5.32 Å². The number of likely N-dealkylation sites (tertiary alicyclic amines) is 1. The number of hydrogen-bond acceptors (Lipinski definition) is 4. The number of carbonyl (C=O) groups excluding carboxylic acids is 3. The number of ether oxygens (including phenoxy) is 1. The van der Waals surface area contributed by atoms with E-state index in [4.69, 9.17) is 4.74 Å². The first kappa shape index (κ1) is 15.8. The molecule has 23 heavy (non-hydrogen) atoms. The van der Waals surface area contributed by atoms with Crippen molar-refractivity contribution in [2.24, 2.45) is 0 Å². The fourth-order valence-corrected chi connectivity index (χ4v) is 4.16. The zero-order chi connectivity index (χ0) is 16.6. The Balaban J connectivity index is 1.98. The molecule has 3 aliphatic heterocycles. The van der Waals surface area contributed by atoms with Crippen molar-refractivity contribution in [2.45, 2.75) is 49.7 Å². The molecule has 1 N–H and O–H groups in total. The Bertz CT molecular complexity index is 562. The van der Waals surface area contributed by atoms with E-state index in [1.54, 1.807) is 11.9 Å². The van der Waals surface area contributed by atoms with Gasteiger partial charge in [0.15, 0.2) is 0 Å². The number of nitrogens with zero attached hydrogens (tertiary/aromatic N) is 2. The van der Waals surface area contributed by atoms with Crippen LogP contribution in [-0.4, -0.2) is 66.0 Å². The van der Waals surface area contributed by atoms with Crippen LogP contribution >= 0.6 is 0 Å². The second-order valence-electron chi connectivity index (χ2n) is 6.36. The van der Waals surface area contributed by atoms with Crippen molar-refractivity contribution in [1.29, 1.82) is 0 Å². The lowest BCUT2D eigenvalue weighted by molar-refractivity contribution is -0.146. The lowest BCUT2D eigenvalue weighted by atomic mass is 9.93. The predicted molar refractivity (Wildman–Crippen MR) is 82.6 cm³/mol. The highest BCUT2D eigenvalue weighted by Crippen LogP contribution is 2.40. The summed E-state index contributed by atoms with van der Waals surface area (Å²) >= 11 is 0. The highest BCUT2D eigenvalue weighted by atomic mass is 16.5. The van der Waals surface area contributed by atoms with Gasteiger partial charge in [0.05, 0.1) is 7.11 Å². The molecule has 0 bridgehead atoms. The maximum atomic E-state index is 13.4. The molecule has 0 aliphatic carbocycles. The summed E-state index contributed by atoms with van der Waals surface area (Å²) in [7, 11) is 2.91. The molecule has 3 heterocycles. The Morgan fingerprint density at radius 2 is 2.17 bits per heavy atom. The summed E-state index contributed by atoms with van der Waals surface area (Å²) in [6.45, 7) is 0.492. The average Bonchev–Trinajstić information content (AvgIpc) is 3.14. The molecule has 3 rings (SSSR count). The number of methoxy groups -OCH3 is 1. The van der Waals surface area contributed by atoms with Crippen LogP contribution in [0.2, 0.25) is 0 Å². The molecule has 2 fully saturated rings. The molecule has 2 saturated heterocycles. The Morgan fingerprint density at radius 3 is 2.87 bits per heavy atom. The molecule has 0 radical (unpaired) electrons. The van der Waals surface area contributed by atoms with Gasteiger partial charge in [-0.1, -0.05) is 12.2 Å². The van der Waals surface area contributed by atoms with Gasteiger partial charge >= 0.3 is 6.09 Å². The normalized spacial score (nSPS) is 32.9. The maximum Gasteiger partial charge on any atom is 0.410 e. The maximum absolute atomic E-state index is 13.4. The van der Waals surface area contributed by atoms with Gasteiger partial charge in [0.25, 0.3) is 5.91 Å². The summed E-state index contributed by atoms with van der Waals surface area (Å²) in [5, 5.41) is 2.65. The van der Waals surface area contributed by atoms with Gasteiger partial charge in [-0.05, 0) is 32.1 Å². The van der Waals surface area contributed by atoms with Crippen molar-refractivity contribution in [2.75, 3.05) is 20.7 Å². The minimum absolute atomic E-state index is 0.0283. The van der Waals surface area contributed by atoms with E-state index in [0.717, 1.165) is 19.3 Å². The Hall–Kier alpha value is -2.05. The second-order valence-corrected chi connectivity index (χ2v) is 6.36. The molecule has 7 nitrogen and oxygen atoms in total. The molecule has 0 aromatic rings. The SMILES string of the molecule is CNC(=O)[C@@H]1CC[C@H]2CC=C[C@@]3(CCCN3C(=O)OC)C(=O)N21. The summed E-state index contributed by atoms with van der Waals surface area (Å²) in [4.78, 5) is 40.9. The van der Waals surface area contributed by atoms with Gasteiger partial charge in [0.1, 0.15) is 11.6 Å². The Kier molecular flexibility index (Phi) is 4.04. The van der Waals surface area contributed by atoms with Gasteiger partial charge in [-0.3, -0.25) is 14.5 Å². The Morgan fingerprint density at radius 1 is 1.39 bits per heavy atom. The van der Waals surface area contributed by atoms with Crippen LogP contribution in [0, 0.1) is 0 Å². The molecule has 3 aliphatic rings. The van der Waals surface area contributed by atoms with Gasteiger partial charge in [-0.15, -0.1) is 0 Å². The zero-order valence-corrected chi connectivity index (χ0v) is 13.6. The average molecular weight is 321 g/mol. The standard InChI is InChI=1S/C16H23N3O4/c1-17-13(20)12-7-6-11-5-3-8-16(14(21)19(11)12)9-4-10-18(16)15(22)23-2/h3,8,11-12H,4-7,9-10H2,1-2H3,(H,17,20)/t11-,12+,16-/m1/s1. The van der Waals surface area contributed by atoms with Crippen LogP contribution in [0.4, 0.5) is 4.79 Å². The molecule has 3 amide bonds. The fourth-order valence-electron chi connectivity index (χ4n) is 4.16. The number of rotatable bonds is 1. The fraction of sp³-hybridized carbons (Fsp3) is 0.688. The smallest absolute Gasteiger partial charge is 0.410 e. The summed E-state index contributed by atoms with van der Waals surface area (Å²) in [6.07, 6.45) is 6.84. The molecule has 0 saturated carbocycles. The number of nitrogens with one attached hydrogen (secondary N) is 1. The number of amides is 3. The van der Waals surface area contributed by atoms with E-state index in [1.807, 2.05) is 12.2 Å². The van der Waals surface area contributed by atoms with Gasteiger partial charge in [0, 0.05) is 19.6 Å². The van der Waals surface area contributed by atoms with Crippen LogP contribution in [0.1, 0.15) is 32.1 Å². The molecule has 0 unspecified atom stereocenters. The third-order valence-corrected chi connectivity index (χ3v) is 5.27. The van der Waals surface area contributed by atoms with Gasteiger partial charge in [-0.25, -0.2) is 4.79 Å². The topological polar surface area (TPSA) is 79.0 Å². The molecular weight excluding hydrogens is 298 g/mol. The first-order chi connectivity index (χ1) is 11.0. The van der Waals surface area contributed by atoms with Crippen LogP contribution in [0.25, 0.3) is 0 Å². The lowest BCUT2D eigenvalue weighted by Gasteiger charge is -2.38. The van der Waals surface area contributed by atoms with E-state index in [9.17, 15) is 14.4 Å². The van der Waals surface area contributed by atoms with Crippen molar-refractivity contribution in [1.82, 2.24) is 15.1 Å². The van der Waals surface area contributed by atoms with E-state index in [1.165, 1.54) is 12.0 Å². The van der Waals surface area contributed by atoms with Crippen LogP contribution < -0.4 is 5.32 Å². The van der Waals surface area contributed by atoms with Crippen molar-refractivity contribution >= 4 is 17.9 Å².